The third-order valence-electron chi connectivity index (χ3n) is 3.27. The van der Waals surface area contributed by atoms with Gasteiger partial charge in [-0.25, -0.2) is 0 Å². The van der Waals surface area contributed by atoms with Crippen molar-refractivity contribution in [2.75, 3.05) is 5.32 Å². The first kappa shape index (κ1) is 15.4. The first-order chi connectivity index (χ1) is 11.7. The number of nitro groups is 1. The molecule has 24 heavy (non-hydrogen) atoms. The van der Waals surface area contributed by atoms with Crippen molar-refractivity contribution in [3.63, 3.8) is 0 Å². The van der Waals surface area contributed by atoms with Gasteiger partial charge in [0, 0.05) is 23.5 Å². The summed E-state index contributed by atoms with van der Waals surface area (Å²) in [7, 11) is 0. The smallest absolute Gasteiger partial charge is 0.269 e. The van der Waals surface area contributed by atoms with E-state index in [0.29, 0.717) is 0 Å². The zero-order valence-electron chi connectivity index (χ0n) is 12.7. The van der Waals surface area contributed by atoms with Crippen LogP contribution in [-0.4, -0.2) is 4.92 Å². The Bertz CT molecular complexity index is 844. The van der Waals surface area contributed by atoms with Crippen LogP contribution >= 0.6 is 0 Å². The second-order valence-electron chi connectivity index (χ2n) is 5.01. The minimum Gasteiger partial charge on any atom is -0.356 e. The molecule has 0 aliphatic carbocycles. The fraction of sp³-hybridized carbons (Fsp3) is 0. The van der Waals surface area contributed by atoms with Crippen LogP contribution in [0.15, 0.2) is 89.1 Å². The van der Waals surface area contributed by atoms with Gasteiger partial charge in [-0.15, -0.1) is 0 Å². The Morgan fingerprint density at radius 1 is 0.708 bits per heavy atom. The summed E-state index contributed by atoms with van der Waals surface area (Å²) in [6.07, 6.45) is 0. The average molecular weight is 318 g/mol. The standard InChI is InChI=1S/C18H14N4O2/c23-22(24)18-12-10-15(11-13-18)19-14-6-8-17(9-7-14)21-20-16-4-2-1-3-5-16/h1-13,19H. The first-order valence-electron chi connectivity index (χ1n) is 7.29. The molecule has 0 unspecified atom stereocenters. The van der Waals surface area contributed by atoms with E-state index in [2.05, 4.69) is 15.5 Å². The molecule has 3 rings (SSSR count). The van der Waals surface area contributed by atoms with Crippen molar-refractivity contribution in [3.8, 4) is 0 Å². The summed E-state index contributed by atoms with van der Waals surface area (Å²) in [5.41, 5.74) is 3.25. The van der Waals surface area contributed by atoms with Gasteiger partial charge in [0.2, 0.25) is 0 Å². The van der Waals surface area contributed by atoms with Crippen molar-refractivity contribution in [3.05, 3.63) is 89.0 Å². The minimum atomic E-state index is -0.420. The highest BCUT2D eigenvalue weighted by atomic mass is 16.6. The van der Waals surface area contributed by atoms with E-state index in [9.17, 15) is 10.1 Å². The summed E-state index contributed by atoms with van der Waals surface area (Å²) >= 11 is 0. The minimum absolute atomic E-state index is 0.0669. The van der Waals surface area contributed by atoms with Gasteiger partial charge in [-0.1, -0.05) is 18.2 Å². The van der Waals surface area contributed by atoms with Gasteiger partial charge in [0.15, 0.2) is 0 Å². The summed E-state index contributed by atoms with van der Waals surface area (Å²) in [5.74, 6) is 0. The molecule has 0 aliphatic heterocycles. The fourth-order valence-electron chi connectivity index (χ4n) is 2.05. The van der Waals surface area contributed by atoms with Gasteiger partial charge in [-0.3, -0.25) is 10.1 Å². The second kappa shape index (κ2) is 7.15. The normalized spacial score (nSPS) is 10.7. The van der Waals surface area contributed by atoms with Crippen LogP contribution < -0.4 is 5.32 Å². The quantitative estimate of drug-likeness (QED) is 0.369. The Morgan fingerprint density at radius 2 is 1.21 bits per heavy atom. The van der Waals surface area contributed by atoms with Crippen LogP contribution in [0.3, 0.4) is 0 Å². The van der Waals surface area contributed by atoms with Crippen molar-refractivity contribution in [2.45, 2.75) is 0 Å². The van der Waals surface area contributed by atoms with Gasteiger partial charge in [0.25, 0.3) is 5.69 Å². The number of azo groups is 1. The molecular weight excluding hydrogens is 304 g/mol. The largest absolute Gasteiger partial charge is 0.356 e. The van der Waals surface area contributed by atoms with Gasteiger partial charge in [0.05, 0.1) is 16.3 Å². The third kappa shape index (κ3) is 4.01. The van der Waals surface area contributed by atoms with Gasteiger partial charge >= 0.3 is 0 Å². The van der Waals surface area contributed by atoms with E-state index < -0.39 is 4.92 Å². The second-order valence-corrected chi connectivity index (χ2v) is 5.01. The van der Waals surface area contributed by atoms with Gasteiger partial charge < -0.3 is 5.32 Å². The Hall–Kier alpha value is -3.54. The zero-order chi connectivity index (χ0) is 16.8. The first-order valence-corrected chi connectivity index (χ1v) is 7.29. The highest BCUT2D eigenvalue weighted by Crippen LogP contribution is 2.23. The van der Waals surface area contributed by atoms with E-state index in [-0.39, 0.29) is 5.69 Å². The van der Waals surface area contributed by atoms with E-state index in [1.807, 2.05) is 54.6 Å². The summed E-state index contributed by atoms with van der Waals surface area (Å²) in [6, 6.07) is 23.2. The summed E-state index contributed by atoms with van der Waals surface area (Å²) < 4.78 is 0. The molecule has 6 nitrogen and oxygen atoms in total. The Kier molecular flexibility index (Phi) is 4.57. The van der Waals surface area contributed by atoms with Gasteiger partial charge in [0.1, 0.15) is 0 Å². The predicted octanol–water partition coefficient (Wildman–Crippen LogP) is 5.75. The van der Waals surface area contributed by atoms with E-state index >= 15 is 0 Å². The number of nitrogens with zero attached hydrogens (tertiary/aromatic N) is 3. The van der Waals surface area contributed by atoms with Crippen molar-refractivity contribution in [1.29, 1.82) is 0 Å². The summed E-state index contributed by atoms with van der Waals surface area (Å²) in [4.78, 5) is 10.2. The lowest BCUT2D eigenvalue weighted by Gasteiger charge is -2.06. The van der Waals surface area contributed by atoms with Crippen LogP contribution in [0.5, 0.6) is 0 Å². The molecule has 0 aliphatic rings. The Morgan fingerprint density at radius 3 is 1.75 bits per heavy atom. The van der Waals surface area contributed by atoms with Crippen molar-refractivity contribution in [2.24, 2.45) is 10.2 Å². The molecule has 0 heterocycles. The third-order valence-corrected chi connectivity index (χ3v) is 3.27. The number of benzene rings is 3. The van der Waals surface area contributed by atoms with Crippen LogP contribution in [0.2, 0.25) is 0 Å². The van der Waals surface area contributed by atoms with E-state index in [0.717, 1.165) is 22.7 Å². The van der Waals surface area contributed by atoms with E-state index in [4.69, 9.17) is 0 Å². The topological polar surface area (TPSA) is 79.9 Å². The Labute approximate surface area is 138 Å². The van der Waals surface area contributed by atoms with Crippen LogP contribution in [0.1, 0.15) is 0 Å². The maximum atomic E-state index is 10.6. The molecule has 0 saturated carbocycles. The lowest BCUT2D eigenvalue weighted by atomic mass is 10.2. The molecule has 0 atom stereocenters. The number of rotatable bonds is 5. The molecule has 0 bridgehead atoms. The molecule has 3 aromatic rings. The van der Waals surface area contributed by atoms with E-state index in [1.165, 1.54) is 12.1 Å². The molecule has 0 amide bonds. The molecule has 3 aromatic carbocycles. The number of anilines is 2. The van der Waals surface area contributed by atoms with Crippen molar-refractivity contribution in [1.82, 2.24) is 0 Å². The Balaban J connectivity index is 1.66. The van der Waals surface area contributed by atoms with Crippen LogP contribution in [0.25, 0.3) is 0 Å². The highest BCUT2D eigenvalue weighted by Gasteiger charge is 2.03. The average Bonchev–Trinajstić information content (AvgIpc) is 2.62. The number of non-ortho nitro benzene ring substituents is 1. The van der Waals surface area contributed by atoms with E-state index in [1.54, 1.807) is 12.1 Å². The monoisotopic (exact) mass is 318 g/mol. The molecule has 0 aromatic heterocycles. The SMILES string of the molecule is O=[N+]([O-])c1ccc(Nc2ccc(N=Nc3ccccc3)cc2)cc1. The molecule has 6 heteroatoms. The number of nitro benzene ring substituents is 1. The molecular formula is C18H14N4O2. The molecule has 1 N–H and O–H groups in total. The van der Waals surface area contributed by atoms with Gasteiger partial charge in [-0.05, 0) is 48.5 Å². The summed E-state index contributed by atoms with van der Waals surface area (Å²) in [6.45, 7) is 0. The maximum absolute atomic E-state index is 10.6. The van der Waals surface area contributed by atoms with Crippen LogP contribution in [-0.2, 0) is 0 Å². The van der Waals surface area contributed by atoms with Crippen molar-refractivity contribution < 1.29 is 4.92 Å². The van der Waals surface area contributed by atoms with Crippen LogP contribution in [0, 0.1) is 10.1 Å². The zero-order valence-corrected chi connectivity index (χ0v) is 12.7. The van der Waals surface area contributed by atoms with Crippen LogP contribution in [0.4, 0.5) is 28.4 Å². The molecule has 0 fully saturated rings. The fourth-order valence-corrected chi connectivity index (χ4v) is 2.05. The number of nitrogens with one attached hydrogen (secondary N) is 1. The lowest BCUT2D eigenvalue weighted by molar-refractivity contribution is -0.384. The predicted molar refractivity (Wildman–Crippen MR) is 93.4 cm³/mol. The number of hydrogen-bond acceptors (Lipinski definition) is 5. The lowest BCUT2D eigenvalue weighted by Crippen LogP contribution is -1.91. The van der Waals surface area contributed by atoms with Crippen molar-refractivity contribution >= 4 is 28.4 Å². The number of hydrogen-bond donors (Lipinski definition) is 1. The maximum Gasteiger partial charge on any atom is 0.269 e. The molecule has 0 spiro atoms. The highest BCUT2D eigenvalue weighted by molar-refractivity contribution is 5.62. The molecule has 0 radical (unpaired) electrons. The summed E-state index contributed by atoms with van der Waals surface area (Å²) in [5, 5.41) is 22.1. The molecule has 118 valence electrons. The van der Waals surface area contributed by atoms with Gasteiger partial charge in [-0.2, -0.15) is 10.2 Å². The molecule has 0 saturated heterocycles.